The predicted molar refractivity (Wildman–Crippen MR) is 69.7 cm³/mol. The van der Waals surface area contributed by atoms with Gasteiger partial charge in [-0.3, -0.25) is 0 Å². The van der Waals surface area contributed by atoms with E-state index in [2.05, 4.69) is 9.72 Å². The molecule has 0 atom stereocenters. The molecule has 0 spiro atoms. The Morgan fingerprint density at radius 2 is 2.11 bits per heavy atom. The van der Waals surface area contributed by atoms with Crippen molar-refractivity contribution in [2.24, 2.45) is 0 Å². The molecule has 0 saturated heterocycles. The summed E-state index contributed by atoms with van der Waals surface area (Å²) in [5.74, 6) is -0.758. The van der Waals surface area contributed by atoms with Crippen LogP contribution in [0.4, 0.5) is 19.0 Å². The van der Waals surface area contributed by atoms with E-state index in [0.29, 0.717) is 5.56 Å². The second kappa shape index (κ2) is 7.15. The van der Waals surface area contributed by atoms with Gasteiger partial charge >= 0.3 is 6.36 Å². The van der Waals surface area contributed by atoms with Crippen molar-refractivity contribution in [3.8, 4) is 5.75 Å². The van der Waals surface area contributed by atoms with Crippen LogP contribution in [0.1, 0.15) is 25.3 Å². The second-order valence-electron chi connectivity index (χ2n) is 3.39. The van der Waals surface area contributed by atoms with Crippen molar-refractivity contribution in [2.75, 3.05) is 5.73 Å². The van der Waals surface area contributed by atoms with Crippen LogP contribution in [0.15, 0.2) is 18.3 Å². The van der Waals surface area contributed by atoms with Crippen LogP contribution >= 0.6 is 13.5 Å². The summed E-state index contributed by atoms with van der Waals surface area (Å²) < 4.78 is 39.9. The van der Waals surface area contributed by atoms with Crippen LogP contribution in [-0.4, -0.2) is 11.3 Å². The largest absolute Gasteiger partial charge is 0.573 e. The highest BCUT2D eigenvalue weighted by molar-refractivity contribution is 7.59. The quantitative estimate of drug-likeness (QED) is 0.918. The molecular formula is C11H15F3N2OS. The summed E-state index contributed by atoms with van der Waals surface area (Å²) in [5.41, 5.74) is 5.81. The van der Waals surface area contributed by atoms with Gasteiger partial charge in [-0.05, 0) is 18.1 Å². The molecule has 1 heterocycles. The van der Waals surface area contributed by atoms with E-state index in [1.54, 1.807) is 6.08 Å². The fourth-order valence-corrected chi connectivity index (χ4v) is 1.15. The van der Waals surface area contributed by atoms with Crippen LogP contribution in [0.25, 0.3) is 6.08 Å². The molecule has 3 nitrogen and oxygen atoms in total. The molecule has 0 radical (unpaired) electrons. The number of pyridine rings is 1. The maximum atomic E-state index is 12.0. The molecule has 0 aliphatic rings. The molecule has 0 fully saturated rings. The fraction of sp³-hybridized carbons (Fsp3) is 0.364. The molecule has 2 N–H and O–H groups in total. The topological polar surface area (TPSA) is 48.1 Å². The summed E-state index contributed by atoms with van der Waals surface area (Å²) in [4.78, 5) is 3.64. The van der Waals surface area contributed by atoms with Gasteiger partial charge in [0.15, 0.2) is 11.6 Å². The SMILES string of the molecule is CCC/C=C/c1cnc(N)c(OC(F)(F)F)c1.S. The van der Waals surface area contributed by atoms with Crippen LogP contribution < -0.4 is 10.5 Å². The Bertz CT molecular complexity index is 408. The van der Waals surface area contributed by atoms with Crippen molar-refractivity contribution in [3.63, 3.8) is 0 Å². The first kappa shape index (κ1) is 16.6. The van der Waals surface area contributed by atoms with E-state index >= 15 is 0 Å². The molecule has 1 aromatic rings. The smallest absolute Gasteiger partial charge is 0.402 e. The lowest BCUT2D eigenvalue weighted by Crippen LogP contribution is -2.18. The first-order valence-electron chi connectivity index (χ1n) is 5.10. The lowest BCUT2D eigenvalue weighted by atomic mass is 10.2. The predicted octanol–water partition coefficient (Wildman–Crippen LogP) is 3.49. The van der Waals surface area contributed by atoms with E-state index in [4.69, 9.17) is 5.73 Å². The molecule has 7 heteroatoms. The molecule has 1 rings (SSSR count). The van der Waals surface area contributed by atoms with Crippen molar-refractivity contribution in [1.29, 1.82) is 0 Å². The van der Waals surface area contributed by atoms with E-state index in [1.807, 2.05) is 13.0 Å². The Morgan fingerprint density at radius 1 is 1.44 bits per heavy atom. The summed E-state index contributed by atoms with van der Waals surface area (Å²) in [6.07, 6.45) is 1.97. The minimum atomic E-state index is -4.76. The number of hydrogen-bond acceptors (Lipinski definition) is 3. The minimum absolute atomic E-state index is 0. The number of aromatic nitrogens is 1. The summed E-state index contributed by atoms with van der Waals surface area (Å²) in [5, 5.41) is 0. The number of unbranched alkanes of at least 4 members (excludes halogenated alkanes) is 1. The Morgan fingerprint density at radius 3 is 2.67 bits per heavy atom. The standard InChI is InChI=1S/C11H13F3N2O.H2S/c1-2-3-4-5-8-6-9(10(15)16-7-8)17-11(12,13)14;/h4-7H,2-3H2,1H3,(H2,15,16);1H2/b5-4+;. The zero-order chi connectivity index (χ0) is 12.9. The van der Waals surface area contributed by atoms with E-state index in [-0.39, 0.29) is 19.3 Å². The molecule has 0 aliphatic carbocycles. The normalized spacial score (nSPS) is 11.3. The van der Waals surface area contributed by atoms with Gasteiger partial charge in [-0.1, -0.05) is 25.5 Å². The fourth-order valence-electron chi connectivity index (χ4n) is 1.15. The number of ether oxygens (including phenoxy) is 1. The van der Waals surface area contributed by atoms with Crippen LogP contribution in [0.3, 0.4) is 0 Å². The molecular weight excluding hydrogens is 265 g/mol. The maximum Gasteiger partial charge on any atom is 0.573 e. The van der Waals surface area contributed by atoms with Crippen molar-refractivity contribution < 1.29 is 17.9 Å². The number of hydrogen-bond donors (Lipinski definition) is 1. The summed E-state index contributed by atoms with van der Waals surface area (Å²) in [6, 6.07) is 1.21. The summed E-state index contributed by atoms with van der Waals surface area (Å²) >= 11 is 0. The first-order chi connectivity index (χ1) is 7.92. The molecule has 1 aromatic heterocycles. The van der Waals surface area contributed by atoms with Crippen molar-refractivity contribution in [1.82, 2.24) is 4.98 Å². The highest BCUT2D eigenvalue weighted by atomic mass is 32.1. The molecule has 0 aliphatic heterocycles. The zero-order valence-corrected chi connectivity index (χ0v) is 10.8. The average molecular weight is 280 g/mol. The molecule has 0 bridgehead atoms. The third-order valence-electron chi connectivity index (χ3n) is 1.89. The number of nitrogens with zero attached hydrogens (tertiary/aromatic N) is 1. The van der Waals surface area contributed by atoms with Gasteiger partial charge in [-0.2, -0.15) is 13.5 Å². The molecule has 0 unspecified atom stereocenters. The maximum absolute atomic E-state index is 12.0. The summed E-state index contributed by atoms with van der Waals surface area (Å²) in [7, 11) is 0. The molecule has 102 valence electrons. The third-order valence-corrected chi connectivity index (χ3v) is 1.89. The van der Waals surface area contributed by atoms with Gasteiger partial charge in [-0.15, -0.1) is 13.2 Å². The average Bonchev–Trinajstić information content (AvgIpc) is 2.21. The van der Waals surface area contributed by atoms with Crippen LogP contribution in [0.2, 0.25) is 0 Å². The van der Waals surface area contributed by atoms with Gasteiger partial charge in [0, 0.05) is 6.20 Å². The number of halogens is 3. The number of rotatable bonds is 4. The van der Waals surface area contributed by atoms with Gasteiger partial charge in [0.25, 0.3) is 0 Å². The number of nitrogens with two attached hydrogens (primary N) is 1. The molecule has 0 saturated carbocycles. The number of alkyl halides is 3. The van der Waals surface area contributed by atoms with Crippen molar-refractivity contribution >= 4 is 25.4 Å². The molecule has 18 heavy (non-hydrogen) atoms. The monoisotopic (exact) mass is 280 g/mol. The second-order valence-corrected chi connectivity index (χ2v) is 3.39. The Labute approximate surface area is 110 Å². The van der Waals surface area contributed by atoms with E-state index < -0.39 is 12.1 Å². The highest BCUT2D eigenvalue weighted by Crippen LogP contribution is 2.27. The van der Waals surface area contributed by atoms with Crippen LogP contribution in [-0.2, 0) is 0 Å². The number of allylic oxidation sites excluding steroid dienone is 1. The van der Waals surface area contributed by atoms with Crippen LogP contribution in [0.5, 0.6) is 5.75 Å². The number of anilines is 1. The highest BCUT2D eigenvalue weighted by Gasteiger charge is 2.32. The van der Waals surface area contributed by atoms with Gasteiger partial charge in [-0.25, -0.2) is 4.98 Å². The lowest BCUT2D eigenvalue weighted by Gasteiger charge is -2.10. The third kappa shape index (κ3) is 5.81. The Hall–Kier alpha value is -1.37. The Balaban J connectivity index is 0.00000289. The van der Waals surface area contributed by atoms with Gasteiger partial charge < -0.3 is 10.5 Å². The van der Waals surface area contributed by atoms with Gasteiger partial charge in [0.2, 0.25) is 0 Å². The zero-order valence-electron chi connectivity index (χ0n) is 9.79. The molecule has 0 aromatic carbocycles. The van der Waals surface area contributed by atoms with Gasteiger partial charge in [0.1, 0.15) is 0 Å². The summed E-state index contributed by atoms with van der Waals surface area (Å²) in [6.45, 7) is 2.00. The molecule has 0 amide bonds. The number of nitrogen functional groups attached to an aromatic ring is 1. The lowest BCUT2D eigenvalue weighted by molar-refractivity contribution is -0.274. The van der Waals surface area contributed by atoms with E-state index in [0.717, 1.165) is 12.8 Å². The van der Waals surface area contributed by atoms with Crippen molar-refractivity contribution in [3.05, 3.63) is 23.9 Å². The van der Waals surface area contributed by atoms with Crippen LogP contribution in [0, 0.1) is 0 Å². The Kier molecular flexibility index (Phi) is 6.61. The van der Waals surface area contributed by atoms with E-state index in [1.165, 1.54) is 12.3 Å². The van der Waals surface area contributed by atoms with E-state index in [9.17, 15) is 13.2 Å². The van der Waals surface area contributed by atoms with Gasteiger partial charge in [0.05, 0.1) is 0 Å². The van der Waals surface area contributed by atoms with Crippen molar-refractivity contribution in [2.45, 2.75) is 26.1 Å². The first-order valence-corrected chi connectivity index (χ1v) is 5.10. The minimum Gasteiger partial charge on any atom is -0.402 e.